The van der Waals surface area contributed by atoms with Crippen LogP contribution in [0.5, 0.6) is 0 Å². The van der Waals surface area contributed by atoms with Crippen molar-refractivity contribution in [2.75, 3.05) is 11.4 Å². The molecule has 30 heavy (non-hydrogen) atoms. The van der Waals surface area contributed by atoms with Crippen LogP contribution >= 0.6 is 11.8 Å². The second kappa shape index (κ2) is 9.93. The number of carboxylic acid groups (broad SMARTS) is 1. The van der Waals surface area contributed by atoms with E-state index in [4.69, 9.17) is 10.1 Å². The number of hydrogen-bond acceptors (Lipinski definition) is 6. The summed E-state index contributed by atoms with van der Waals surface area (Å²) in [6, 6.07) is 15.0. The standard InChI is InChI=1S/C21H21N3O5S/c22-13-30-12-15-6-8-16(9-7-15)24-11-18(29-21(24)28)19(25)23-17(20(26)27)10-14-4-2-1-3-5-14/h1-9,13,17-18,22H,10-12H2,(H,23,25)(H,26,27)/t17-,18?/m1/s1. The molecule has 1 heterocycles. The molecule has 0 bridgehead atoms. The maximum atomic E-state index is 12.5. The maximum Gasteiger partial charge on any atom is 0.415 e. The van der Waals surface area contributed by atoms with Gasteiger partial charge in [0.1, 0.15) is 6.04 Å². The highest BCUT2D eigenvalue weighted by Crippen LogP contribution is 2.23. The quantitative estimate of drug-likeness (QED) is 0.418. The Kier molecular flexibility index (Phi) is 7.08. The highest BCUT2D eigenvalue weighted by atomic mass is 32.2. The first-order valence-corrected chi connectivity index (χ1v) is 10.3. The van der Waals surface area contributed by atoms with Gasteiger partial charge in [-0.15, -0.1) is 11.8 Å². The lowest BCUT2D eigenvalue weighted by Gasteiger charge is -2.17. The van der Waals surface area contributed by atoms with E-state index in [-0.39, 0.29) is 13.0 Å². The molecule has 1 aliphatic rings. The molecule has 1 unspecified atom stereocenters. The number of carboxylic acids is 1. The molecule has 0 aliphatic carbocycles. The first-order valence-electron chi connectivity index (χ1n) is 9.22. The van der Waals surface area contributed by atoms with Gasteiger partial charge in [0.15, 0.2) is 6.10 Å². The molecule has 9 heteroatoms. The number of amides is 2. The van der Waals surface area contributed by atoms with Gasteiger partial charge in [0.25, 0.3) is 5.91 Å². The number of hydrogen-bond donors (Lipinski definition) is 3. The van der Waals surface area contributed by atoms with Gasteiger partial charge in [-0.1, -0.05) is 42.5 Å². The molecule has 2 amide bonds. The van der Waals surface area contributed by atoms with Crippen LogP contribution in [-0.2, 0) is 26.5 Å². The first kappa shape index (κ1) is 21.4. The molecular formula is C21H21N3O5S. The van der Waals surface area contributed by atoms with E-state index in [9.17, 15) is 19.5 Å². The lowest BCUT2D eigenvalue weighted by Crippen LogP contribution is -2.47. The first-order chi connectivity index (χ1) is 14.5. The van der Waals surface area contributed by atoms with Crippen LogP contribution in [0.15, 0.2) is 54.6 Å². The van der Waals surface area contributed by atoms with Crippen LogP contribution in [-0.4, -0.2) is 47.3 Å². The largest absolute Gasteiger partial charge is 0.480 e. The molecule has 2 atom stereocenters. The number of cyclic esters (lactones) is 1. The molecule has 1 aliphatic heterocycles. The topological polar surface area (TPSA) is 120 Å². The summed E-state index contributed by atoms with van der Waals surface area (Å²) in [6.07, 6.45) is -1.63. The second-order valence-corrected chi connectivity index (χ2v) is 7.53. The van der Waals surface area contributed by atoms with Crippen molar-refractivity contribution in [3.8, 4) is 0 Å². The maximum absolute atomic E-state index is 12.5. The number of carbonyl (C=O) groups is 3. The number of benzene rings is 2. The van der Waals surface area contributed by atoms with Crippen molar-refractivity contribution >= 4 is 41.0 Å². The average molecular weight is 427 g/mol. The van der Waals surface area contributed by atoms with E-state index >= 15 is 0 Å². The molecule has 0 aromatic heterocycles. The van der Waals surface area contributed by atoms with Gasteiger partial charge in [-0.2, -0.15) is 0 Å². The van der Waals surface area contributed by atoms with Crippen LogP contribution in [0.3, 0.4) is 0 Å². The molecule has 0 saturated carbocycles. The summed E-state index contributed by atoms with van der Waals surface area (Å²) in [5.74, 6) is -1.16. The summed E-state index contributed by atoms with van der Waals surface area (Å²) >= 11 is 1.35. The van der Waals surface area contributed by atoms with Gasteiger partial charge in [-0.05, 0) is 23.3 Å². The van der Waals surface area contributed by atoms with Crippen LogP contribution in [0.2, 0.25) is 0 Å². The molecule has 1 saturated heterocycles. The zero-order valence-corrected chi connectivity index (χ0v) is 16.8. The Morgan fingerprint density at radius 2 is 1.90 bits per heavy atom. The Morgan fingerprint density at radius 3 is 2.53 bits per heavy atom. The van der Waals surface area contributed by atoms with Crippen molar-refractivity contribution in [2.24, 2.45) is 0 Å². The summed E-state index contributed by atoms with van der Waals surface area (Å²) in [4.78, 5) is 37.7. The van der Waals surface area contributed by atoms with Crippen molar-refractivity contribution in [1.82, 2.24) is 5.32 Å². The highest BCUT2D eigenvalue weighted by molar-refractivity contribution is 8.11. The number of nitrogens with zero attached hydrogens (tertiary/aromatic N) is 1. The van der Waals surface area contributed by atoms with Gasteiger partial charge in [0.05, 0.1) is 12.1 Å². The number of aliphatic carboxylic acids is 1. The predicted octanol–water partition coefficient (Wildman–Crippen LogP) is 2.66. The lowest BCUT2D eigenvalue weighted by atomic mass is 10.1. The van der Waals surface area contributed by atoms with Crippen molar-refractivity contribution in [3.05, 3.63) is 65.7 Å². The molecule has 3 N–H and O–H groups in total. The summed E-state index contributed by atoms with van der Waals surface area (Å²) < 4.78 is 5.16. The molecule has 2 aromatic carbocycles. The molecule has 3 rings (SSSR count). The van der Waals surface area contributed by atoms with Crippen molar-refractivity contribution in [1.29, 1.82) is 5.41 Å². The lowest BCUT2D eigenvalue weighted by molar-refractivity contribution is -0.142. The minimum Gasteiger partial charge on any atom is -0.480 e. The van der Waals surface area contributed by atoms with Gasteiger partial charge < -0.3 is 20.6 Å². The van der Waals surface area contributed by atoms with E-state index < -0.39 is 30.1 Å². The zero-order valence-electron chi connectivity index (χ0n) is 16.0. The van der Waals surface area contributed by atoms with Crippen molar-refractivity contribution in [3.63, 3.8) is 0 Å². The monoisotopic (exact) mass is 427 g/mol. The van der Waals surface area contributed by atoms with Crippen LogP contribution in [0.4, 0.5) is 10.5 Å². The number of carbonyl (C=O) groups excluding carboxylic acids is 2. The van der Waals surface area contributed by atoms with Crippen molar-refractivity contribution < 1.29 is 24.2 Å². The van der Waals surface area contributed by atoms with Crippen LogP contribution in [0.1, 0.15) is 11.1 Å². The van der Waals surface area contributed by atoms with Gasteiger partial charge in [-0.25, -0.2) is 9.59 Å². The molecule has 156 valence electrons. The molecule has 0 radical (unpaired) electrons. The number of anilines is 1. The molecule has 1 fully saturated rings. The normalized spacial score (nSPS) is 16.6. The van der Waals surface area contributed by atoms with E-state index in [1.54, 1.807) is 36.4 Å². The molecule has 2 aromatic rings. The molecule has 0 spiro atoms. The number of rotatable bonds is 9. The summed E-state index contributed by atoms with van der Waals surface area (Å²) in [5, 5.41) is 19.0. The van der Waals surface area contributed by atoms with Crippen LogP contribution in [0.25, 0.3) is 0 Å². The zero-order chi connectivity index (χ0) is 21.5. The average Bonchev–Trinajstić information content (AvgIpc) is 3.14. The number of nitrogens with one attached hydrogen (secondary N) is 2. The van der Waals surface area contributed by atoms with E-state index in [0.717, 1.165) is 11.1 Å². The van der Waals surface area contributed by atoms with Gasteiger partial charge in [0.2, 0.25) is 0 Å². The Balaban J connectivity index is 1.62. The van der Waals surface area contributed by atoms with Crippen LogP contribution in [0, 0.1) is 5.41 Å². The highest BCUT2D eigenvalue weighted by Gasteiger charge is 2.38. The third-order valence-corrected chi connectivity index (χ3v) is 5.25. The minimum absolute atomic E-state index is 0.00304. The summed E-state index contributed by atoms with van der Waals surface area (Å²) in [5.41, 5.74) is 3.62. The smallest absolute Gasteiger partial charge is 0.415 e. The fraction of sp³-hybridized carbons (Fsp3) is 0.238. The third-order valence-electron chi connectivity index (χ3n) is 4.58. The third kappa shape index (κ3) is 5.38. The Hall–Kier alpha value is -3.33. The van der Waals surface area contributed by atoms with E-state index in [0.29, 0.717) is 11.4 Å². The molecular weight excluding hydrogens is 406 g/mol. The minimum atomic E-state index is -1.16. The molecule has 8 nitrogen and oxygen atoms in total. The van der Waals surface area contributed by atoms with Crippen molar-refractivity contribution in [2.45, 2.75) is 24.3 Å². The number of thioether (sulfide) groups is 1. The van der Waals surface area contributed by atoms with Crippen LogP contribution < -0.4 is 10.2 Å². The summed E-state index contributed by atoms with van der Waals surface area (Å²) in [6.45, 7) is -0.00304. The summed E-state index contributed by atoms with van der Waals surface area (Å²) in [7, 11) is 0. The second-order valence-electron chi connectivity index (χ2n) is 6.67. The SMILES string of the molecule is N=CSCc1ccc(N2CC(C(=O)N[C@H](Cc3ccccc3)C(=O)O)OC2=O)cc1. The predicted molar refractivity (Wildman–Crippen MR) is 114 cm³/mol. The Bertz CT molecular complexity index is 920. The van der Waals surface area contributed by atoms with Gasteiger partial charge in [-0.3, -0.25) is 9.69 Å². The van der Waals surface area contributed by atoms with E-state index in [2.05, 4.69) is 5.32 Å². The Morgan fingerprint density at radius 1 is 1.20 bits per heavy atom. The number of ether oxygens (including phenoxy) is 1. The fourth-order valence-electron chi connectivity index (χ4n) is 3.03. The van der Waals surface area contributed by atoms with Gasteiger partial charge >= 0.3 is 12.1 Å². The van der Waals surface area contributed by atoms with E-state index in [1.165, 1.54) is 22.2 Å². The van der Waals surface area contributed by atoms with Gasteiger partial charge in [0, 0.05) is 17.9 Å². The van der Waals surface area contributed by atoms with E-state index in [1.807, 2.05) is 18.2 Å². The fourth-order valence-corrected chi connectivity index (χ4v) is 3.50. The Labute approximate surface area is 177 Å².